The number of hydrogen-bond acceptors (Lipinski definition) is 4. The monoisotopic (exact) mass is 197 g/mol. The van der Waals surface area contributed by atoms with Gasteiger partial charge < -0.3 is 9.94 Å². The van der Waals surface area contributed by atoms with Gasteiger partial charge in [-0.3, -0.25) is 0 Å². The summed E-state index contributed by atoms with van der Waals surface area (Å²) in [4.78, 5) is 10.6. The molecule has 62 valence electrons. The van der Waals surface area contributed by atoms with Gasteiger partial charge in [-0.25, -0.2) is 4.79 Å². The van der Waals surface area contributed by atoms with E-state index in [1.165, 1.54) is 0 Å². The van der Waals surface area contributed by atoms with E-state index in [9.17, 15) is 4.79 Å². The van der Waals surface area contributed by atoms with Crippen LogP contribution in [-0.4, -0.2) is 24.5 Å². The summed E-state index contributed by atoms with van der Waals surface area (Å²) in [5, 5.41) is 10.0. The zero-order chi connectivity index (χ0) is 8.85. The van der Waals surface area contributed by atoms with Gasteiger partial charge in [-0.2, -0.15) is 0 Å². The lowest BCUT2D eigenvalue weighted by atomic mass is 10.5. The summed E-state index contributed by atoms with van der Waals surface area (Å²) < 4.78 is 4.22. The Hall–Kier alpha value is -0.740. The highest BCUT2D eigenvalue weighted by atomic mass is 35.5. The first kappa shape index (κ1) is 10.3. The van der Waals surface area contributed by atoms with Crippen LogP contribution in [0.2, 0.25) is 0 Å². The highest BCUT2D eigenvalue weighted by Crippen LogP contribution is 2.12. The molecule has 0 aromatic carbocycles. The minimum Gasteiger partial charge on any atom is -0.465 e. The highest BCUT2D eigenvalue weighted by molar-refractivity contribution is 6.51. The predicted molar refractivity (Wildman–Crippen MR) is 41.0 cm³/mol. The fourth-order valence-electron chi connectivity index (χ4n) is 0.294. The Morgan fingerprint density at radius 2 is 2.18 bits per heavy atom. The molecule has 0 spiro atoms. The first-order valence-corrected chi connectivity index (χ1v) is 3.20. The maximum Gasteiger partial charge on any atom is 0.351 e. The van der Waals surface area contributed by atoms with E-state index in [1.54, 1.807) is 0 Å². The van der Waals surface area contributed by atoms with Gasteiger partial charge in [-0.15, -0.1) is 0 Å². The van der Waals surface area contributed by atoms with Gasteiger partial charge in [0.15, 0.2) is 0 Å². The molecule has 0 aromatic heterocycles. The average molecular weight is 198 g/mol. The molecule has 0 aliphatic carbocycles. The molecule has 0 unspecified atom stereocenters. The van der Waals surface area contributed by atoms with Crippen LogP contribution in [0.5, 0.6) is 0 Å². The third-order valence-electron chi connectivity index (χ3n) is 0.745. The molecule has 0 aliphatic heterocycles. The lowest BCUT2D eigenvalue weighted by Crippen LogP contribution is -2.01. The number of hydrogen-bond donors (Lipinski definition) is 1. The summed E-state index contributed by atoms with van der Waals surface area (Å²) in [6.45, 7) is 0. The van der Waals surface area contributed by atoms with Gasteiger partial charge >= 0.3 is 5.97 Å². The summed E-state index contributed by atoms with van der Waals surface area (Å²) >= 11 is 10.7. The summed E-state index contributed by atoms with van der Waals surface area (Å²) in [5.74, 6) is -0.781. The summed E-state index contributed by atoms with van der Waals surface area (Å²) in [7, 11) is 1.16. The summed E-state index contributed by atoms with van der Waals surface area (Å²) in [5.41, 5.74) is 0. The number of halogens is 2. The molecular weight excluding hydrogens is 193 g/mol. The van der Waals surface area contributed by atoms with Crippen molar-refractivity contribution in [1.29, 1.82) is 0 Å². The smallest absolute Gasteiger partial charge is 0.351 e. The fraction of sp³-hybridized carbons (Fsp3) is 0.200. The van der Waals surface area contributed by atoms with Crippen molar-refractivity contribution in [3.63, 3.8) is 0 Å². The Kier molecular flexibility index (Phi) is 4.65. The second-order valence-corrected chi connectivity index (χ2v) is 2.18. The van der Waals surface area contributed by atoms with Gasteiger partial charge in [0.1, 0.15) is 5.03 Å². The maximum absolute atomic E-state index is 10.6. The van der Waals surface area contributed by atoms with Crippen molar-refractivity contribution in [2.24, 2.45) is 5.16 Å². The summed E-state index contributed by atoms with van der Waals surface area (Å²) in [6, 6.07) is 0. The number of esters is 1. The number of oxime groups is 1. The topological polar surface area (TPSA) is 58.9 Å². The third-order valence-corrected chi connectivity index (χ3v) is 1.49. The fourth-order valence-corrected chi connectivity index (χ4v) is 0.541. The van der Waals surface area contributed by atoms with E-state index in [4.69, 9.17) is 28.4 Å². The minimum atomic E-state index is -0.781. The SMILES string of the molecule is COC(=O)/C(Cl)=C(Cl)/C=N/O. The van der Waals surface area contributed by atoms with Gasteiger partial charge in [0.05, 0.1) is 18.4 Å². The van der Waals surface area contributed by atoms with Gasteiger partial charge in [0.25, 0.3) is 0 Å². The zero-order valence-electron chi connectivity index (χ0n) is 5.54. The number of carbonyl (C=O) groups is 1. The Morgan fingerprint density at radius 3 is 2.55 bits per heavy atom. The second kappa shape index (κ2) is 4.98. The van der Waals surface area contributed by atoms with Crippen molar-refractivity contribution in [3.05, 3.63) is 10.1 Å². The number of carbonyl (C=O) groups excluding carboxylic acids is 1. The molecule has 0 rings (SSSR count). The molecule has 0 fully saturated rings. The van der Waals surface area contributed by atoms with Gasteiger partial charge in [0.2, 0.25) is 0 Å². The largest absolute Gasteiger partial charge is 0.465 e. The third kappa shape index (κ3) is 3.25. The molecule has 6 heteroatoms. The van der Waals surface area contributed by atoms with Crippen molar-refractivity contribution in [3.8, 4) is 0 Å². The molecule has 0 heterocycles. The molecule has 0 saturated carbocycles. The molecule has 0 amide bonds. The highest BCUT2D eigenvalue weighted by Gasteiger charge is 2.09. The van der Waals surface area contributed by atoms with Crippen molar-refractivity contribution in [2.75, 3.05) is 7.11 Å². The molecule has 0 radical (unpaired) electrons. The Labute approximate surface area is 73.0 Å². The molecule has 1 N–H and O–H groups in total. The molecule has 11 heavy (non-hydrogen) atoms. The van der Waals surface area contributed by atoms with Gasteiger partial charge in [-0.1, -0.05) is 28.4 Å². The van der Waals surface area contributed by atoms with Crippen LogP contribution >= 0.6 is 23.2 Å². The van der Waals surface area contributed by atoms with E-state index in [0.29, 0.717) is 0 Å². The molecule has 0 aromatic rings. The van der Waals surface area contributed by atoms with Gasteiger partial charge in [0, 0.05) is 0 Å². The van der Waals surface area contributed by atoms with Crippen molar-refractivity contribution >= 4 is 35.4 Å². The first-order valence-electron chi connectivity index (χ1n) is 2.44. The number of allylic oxidation sites excluding steroid dienone is 1. The van der Waals surface area contributed by atoms with E-state index in [-0.39, 0.29) is 10.1 Å². The quantitative estimate of drug-likeness (QED) is 0.239. The van der Waals surface area contributed by atoms with E-state index in [0.717, 1.165) is 13.3 Å². The van der Waals surface area contributed by atoms with Crippen LogP contribution in [0, 0.1) is 0 Å². The van der Waals surface area contributed by atoms with Crippen LogP contribution in [0.15, 0.2) is 15.2 Å². The predicted octanol–water partition coefficient (Wildman–Crippen LogP) is 1.31. The van der Waals surface area contributed by atoms with Crippen molar-refractivity contribution in [2.45, 2.75) is 0 Å². The van der Waals surface area contributed by atoms with E-state index >= 15 is 0 Å². The number of nitrogens with zero attached hydrogens (tertiary/aromatic N) is 1. The van der Waals surface area contributed by atoms with Crippen LogP contribution in [0.3, 0.4) is 0 Å². The molecule has 4 nitrogen and oxygen atoms in total. The zero-order valence-corrected chi connectivity index (χ0v) is 7.06. The number of rotatable bonds is 2. The van der Waals surface area contributed by atoms with E-state index < -0.39 is 5.97 Å². The Morgan fingerprint density at radius 1 is 1.64 bits per heavy atom. The Bertz CT molecular complexity index is 212. The summed E-state index contributed by atoms with van der Waals surface area (Å²) in [6.07, 6.45) is 0.820. The number of methoxy groups -OCH3 is 1. The van der Waals surface area contributed by atoms with E-state index in [1.807, 2.05) is 0 Å². The van der Waals surface area contributed by atoms with Crippen LogP contribution in [0.4, 0.5) is 0 Å². The first-order chi connectivity index (χ1) is 5.13. The lowest BCUT2D eigenvalue weighted by molar-refractivity contribution is -0.135. The minimum absolute atomic E-state index is 0.180. The van der Waals surface area contributed by atoms with Crippen molar-refractivity contribution in [1.82, 2.24) is 0 Å². The lowest BCUT2D eigenvalue weighted by Gasteiger charge is -1.95. The Balaban J connectivity index is 4.51. The second-order valence-electron chi connectivity index (χ2n) is 1.40. The van der Waals surface area contributed by atoms with E-state index in [2.05, 4.69) is 9.89 Å². The van der Waals surface area contributed by atoms with Gasteiger partial charge in [-0.05, 0) is 0 Å². The number of ether oxygens (including phenoxy) is 1. The van der Waals surface area contributed by atoms with Crippen molar-refractivity contribution < 1.29 is 14.7 Å². The maximum atomic E-state index is 10.6. The standard InChI is InChI=1S/C5H5Cl2NO3/c1-11-5(9)4(7)3(6)2-8-10/h2,10H,1H3/b4-3+,8-2+. The molecular formula is C5H5Cl2NO3. The van der Waals surface area contributed by atoms with Crippen LogP contribution in [0.1, 0.15) is 0 Å². The molecule has 0 bridgehead atoms. The normalized spacial score (nSPS) is 13.0. The molecule has 0 saturated heterocycles. The molecule has 0 atom stereocenters. The van der Waals surface area contributed by atoms with Crippen LogP contribution in [-0.2, 0) is 9.53 Å². The average Bonchev–Trinajstić information content (AvgIpc) is 2.02. The van der Waals surface area contributed by atoms with Crippen LogP contribution in [0.25, 0.3) is 0 Å². The van der Waals surface area contributed by atoms with Crippen LogP contribution < -0.4 is 0 Å². The molecule has 0 aliphatic rings.